The first-order chi connectivity index (χ1) is 13.6. The molecule has 162 valence electrons. The first-order valence-electron chi connectivity index (χ1n) is 10.7. The molecule has 0 fully saturated rings. The van der Waals surface area contributed by atoms with Gasteiger partial charge in [0.1, 0.15) is 11.5 Å². The molecule has 5 heteroatoms. The Morgan fingerprint density at radius 1 is 1.31 bits per heavy atom. The van der Waals surface area contributed by atoms with Crippen LogP contribution in [0.5, 0.6) is 11.5 Å². The molecule has 1 aromatic carbocycles. The van der Waals surface area contributed by atoms with Gasteiger partial charge in [-0.25, -0.2) is 0 Å². The normalized spacial score (nSPS) is 18.3. The molecule has 0 radical (unpaired) electrons. The van der Waals surface area contributed by atoms with E-state index in [4.69, 9.17) is 4.74 Å². The summed E-state index contributed by atoms with van der Waals surface area (Å²) in [6, 6.07) is 3.63. The van der Waals surface area contributed by atoms with Crippen LogP contribution >= 0.6 is 0 Å². The maximum absolute atomic E-state index is 12.7. The summed E-state index contributed by atoms with van der Waals surface area (Å²) in [5.41, 5.74) is 2.41. The highest BCUT2D eigenvalue weighted by Gasteiger charge is 2.29. The van der Waals surface area contributed by atoms with Crippen LogP contribution in [0.3, 0.4) is 0 Å². The summed E-state index contributed by atoms with van der Waals surface area (Å²) in [6.07, 6.45) is 4.81. The van der Waals surface area contributed by atoms with Crippen LogP contribution in [0.4, 0.5) is 0 Å². The highest BCUT2D eigenvalue weighted by atomic mass is 16.5. The number of aliphatic hydroxyl groups is 1. The number of amides is 1. The summed E-state index contributed by atoms with van der Waals surface area (Å²) in [6.45, 7) is 12.1. The van der Waals surface area contributed by atoms with E-state index in [9.17, 15) is 15.0 Å². The lowest BCUT2D eigenvalue weighted by atomic mass is 9.80. The van der Waals surface area contributed by atoms with E-state index in [1.807, 2.05) is 39.0 Å². The minimum atomic E-state index is -0.233. The maximum Gasteiger partial charge on any atom is 0.247 e. The van der Waals surface area contributed by atoms with E-state index in [1.54, 1.807) is 0 Å². The van der Waals surface area contributed by atoms with Crippen molar-refractivity contribution < 1.29 is 19.7 Å². The third kappa shape index (κ3) is 5.99. The van der Waals surface area contributed by atoms with Gasteiger partial charge in [0.05, 0.1) is 18.8 Å². The van der Waals surface area contributed by atoms with E-state index in [0.717, 1.165) is 24.0 Å². The monoisotopic (exact) mass is 403 g/mol. The fourth-order valence-electron chi connectivity index (χ4n) is 3.70. The van der Waals surface area contributed by atoms with Crippen molar-refractivity contribution >= 4 is 5.91 Å². The Kier molecular flexibility index (Phi) is 7.75. The molecule has 1 aliphatic carbocycles. The maximum atomic E-state index is 12.7. The first kappa shape index (κ1) is 23.3. The number of nitrogens with one attached hydrogen (secondary N) is 1. The van der Waals surface area contributed by atoms with Crippen LogP contribution in [-0.4, -0.2) is 34.9 Å². The van der Waals surface area contributed by atoms with Crippen molar-refractivity contribution in [3.05, 3.63) is 34.9 Å². The molecule has 29 heavy (non-hydrogen) atoms. The van der Waals surface area contributed by atoms with E-state index in [-0.39, 0.29) is 41.7 Å². The van der Waals surface area contributed by atoms with E-state index < -0.39 is 0 Å². The summed E-state index contributed by atoms with van der Waals surface area (Å²) in [5, 5.41) is 23.2. The Hall–Kier alpha value is -2.01. The highest BCUT2D eigenvalue weighted by molar-refractivity contribution is 5.94. The average Bonchev–Trinajstić information content (AvgIpc) is 2.64. The molecular weight excluding hydrogens is 366 g/mol. The van der Waals surface area contributed by atoms with Gasteiger partial charge in [0, 0.05) is 11.1 Å². The molecule has 0 aliphatic heterocycles. The lowest BCUT2D eigenvalue weighted by Gasteiger charge is -2.29. The van der Waals surface area contributed by atoms with Crippen molar-refractivity contribution in [1.82, 2.24) is 5.32 Å². The van der Waals surface area contributed by atoms with Crippen molar-refractivity contribution in [3.63, 3.8) is 0 Å². The number of aromatic hydroxyl groups is 1. The second-order valence-electron chi connectivity index (χ2n) is 9.29. The van der Waals surface area contributed by atoms with Crippen LogP contribution in [0.15, 0.2) is 23.8 Å². The minimum absolute atomic E-state index is 0.0118. The summed E-state index contributed by atoms with van der Waals surface area (Å²) in [5.74, 6) is 0.824. The Bertz CT molecular complexity index is 742. The standard InChI is InChI=1S/C24H37NO4/c1-7-19(14-26)25-23(28)17-10-8-9-16(11-17)22-20(27)12-18(24(4,5)6)13-21(22)29-15(2)3/h10,12-13,15-16,19,26-27H,7-9,11,14H2,1-6H3,(H,25,28)/t16-,19?/m0/s1. The number of carbonyl (C=O) groups excluding carboxylic acids is 1. The van der Waals surface area contributed by atoms with Crippen molar-refractivity contribution in [1.29, 1.82) is 0 Å². The van der Waals surface area contributed by atoms with Crippen LogP contribution in [-0.2, 0) is 10.2 Å². The van der Waals surface area contributed by atoms with E-state index >= 15 is 0 Å². The molecular formula is C24H37NO4. The van der Waals surface area contributed by atoms with Crippen LogP contribution in [0.2, 0.25) is 0 Å². The number of aliphatic hydroxyl groups excluding tert-OH is 1. The molecule has 0 saturated carbocycles. The largest absolute Gasteiger partial charge is 0.508 e. The van der Waals surface area contributed by atoms with Gasteiger partial charge in [-0.2, -0.15) is 0 Å². The fraction of sp³-hybridized carbons (Fsp3) is 0.625. The molecule has 1 amide bonds. The third-order valence-corrected chi connectivity index (χ3v) is 5.47. The average molecular weight is 404 g/mol. The first-order valence-corrected chi connectivity index (χ1v) is 10.7. The predicted molar refractivity (Wildman–Crippen MR) is 117 cm³/mol. The molecule has 1 aliphatic rings. The van der Waals surface area contributed by atoms with Gasteiger partial charge < -0.3 is 20.3 Å². The molecule has 3 N–H and O–H groups in total. The summed E-state index contributed by atoms with van der Waals surface area (Å²) >= 11 is 0. The molecule has 1 unspecified atom stereocenters. The predicted octanol–water partition coefficient (Wildman–Crippen LogP) is 4.56. The summed E-state index contributed by atoms with van der Waals surface area (Å²) < 4.78 is 6.10. The van der Waals surface area contributed by atoms with Crippen molar-refractivity contribution in [2.24, 2.45) is 0 Å². The van der Waals surface area contributed by atoms with E-state index in [2.05, 4.69) is 26.1 Å². The molecule has 2 rings (SSSR count). The number of hydrogen-bond donors (Lipinski definition) is 3. The summed E-state index contributed by atoms with van der Waals surface area (Å²) in [7, 11) is 0. The Morgan fingerprint density at radius 3 is 2.55 bits per heavy atom. The molecule has 0 saturated heterocycles. The smallest absolute Gasteiger partial charge is 0.247 e. The topological polar surface area (TPSA) is 78.8 Å². The molecule has 0 bridgehead atoms. The summed E-state index contributed by atoms with van der Waals surface area (Å²) in [4.78, 5) is 12.7. The molecule has 0 spiro atoms. The molecule has 0 heterocycles. The van der Waals surface area contributed by atoms with Gasteiger partial charge in [0.15, 0.2) is 0 Å². The van der Waals surface area contributed by atoms with Crippen molar-refractivity contribution in [2.75, 3.05) is 6.61 Å². The third-order valence-electron chi connectivity index (χ3n) is 5.47. The minimum Gasteiger partial charge on any atom is -0.508 e. The van der Waals surface area contributed by atoms with Crippen LogP contribution in [0, 0.1) is 0 Å². The lowest BCUT2D eigenvalue weighted by molar-refractivity contribution is -0.118. The van der Waals surface area contributed by atoms with Gasteiger partial charge in [0.2, 0.25) is 5.91 Å². The van der Waals surface area contributed by atoms with Crippen molar-refractivity contribution in [2.45, 2.75) is 90.7 Å². The molecule has 5 nitrogen and oxygen atoms in total. The van der Waals surface area contributed by atoms with Gasteiger partial charge in [-0.05, 0) is 68.6 Å². The Labute approximate surface area is 175 Å². The van der Waals surface area contributed by atoms with Crippen LogP contribution in [0.25, 0.3) is 0 Å². The zero-order valence-corrected chi connectivity index (χ0v) is 18.7. The van der Waals surface area contributed by atoms with Gasteiger partial charge in [-0.3, -0.25) is 4.79 Å². The Morgan fingerprint density at radius 2 is 2.00 bits per heavy atom. The van der Waals surface area contributed by atoms with E-state index in [1.165, 1.54) is 0 Å². The number of rotatable bonds is 7. The number of hydrogen-bond acceptors (Lipinski definition) is 4. The van der Waals surface area contributed by atoms with Gasteiger partial charge in [-0.15, -0.1) is 0 Å². The molecule has 1 aromatic rings. The van der Waals surface area contributed by atoms with Gasteiger partial charge in [0.25, 0.3) is 0 Å². The second-order valence-corrected chi connectivity index (χ2v) is 9.29. The van der Waals surface area contributed by atoms with Crippen LogP contribution in [0.1, 0.15) is 84.3 Å². The van der Waals surface area contributed by atoms with Crippen molar-refractivity contribution in [3.8, 4) is 11.5 Å². The van der Waals surface area contributed by atoms with Gasteiger partial charge >= 0.3 is 0 Å². The Balaban J connectivity index is 2.33. The van der Waals surface area contributed by atoms with Gasteiger partial charge in [-0.1, -0.05) is 33.8 Å². The molecule has 0 aromatic heterocycles. The number of carbonyl (C=O) groups is 1. The number of phenols is 1. The lowest BCUT2D eigenvalue weighted by Crippen LogP contribution is -2.38. The number of allylic oxidation sites excluding steroid dienone is 1. The van der Waals surface area contributed by atoms with Crippen LogP contribution < -0.4 is 10.1 Å². The highest BCUT2D eigenvalue weighted by Crippen LogP contribution is 2.45. The quantitative estimate of drug-likeness (QED) is 0.624. The SMILES string of the molecule is CCC(CO)NC(=O)C1=CCC[C@H](c2c(O)cc(C(C)(C)C)cc2OC(C)C)C1. The zero-order chi connectivity index (χ0) is 21.8. The number of benzene rings is 1. The number of ether oxygens (including phenoxy) is 1. The fourth-order valence-corrected chi connectivity index (χ4v) is 3.70. The van der Waals surface area contributed by atoms with E-state index in [0.29, 0.717) is 24.2 Å². The number of phenolic OH excluding ortho intramolecular Hbond substituents is 1. The molecule has 2 atom stereocenters. The second kappa shape index (κ2) is 9.66. The zero-order valence-electron chi connectivity index (χ0n) is 18.7.